The van der Waals surface area contributed by atoms with Gasteiger partial charge in [-0.2, -0.15) is 0 Å². The average Bonchev–Trinajstić information content (AvgIpc) is 3.07. The van der Waals surface area contributed by atoms with E-state index in [2.05, 4.69) is 4.98 Å². The number of benzene rings is 2. The maximum atomic E-state index is 10.9. The zero-order valence-corrected chi connectivity index (χ0v) is 15.8. The number of aliphatic hydroxyl groups excluding tert-OH is 1. The summed E-state index contributed by atoms with van der Waals surface area (Å²) in [5, 5.41) is 10.9. The first-order valence-electron chi connectivity index (χ1n) is 8.65. The SMILES string of the molecule is COCOc1ccc(C(O)c2c(Cc3ccc(OC)cc3)ncn2C)cc1. The maximum Gasteiger partial charge on any atom is 0.188 e. The molecule has 6 heteroatoms. The van der Waals surface area contributed by atoms with Crippen LogP contribution in [0.5, 0.6) is 11.5 Å². The molecule has 3 aromatic rings. The molecule has 0 saturated heterocycles. The third-order valence-electron chi connectivity index (χ3n) is 4.39. The van der Waals surface area contributed by atoms with Crippen LogP contribution >= 0.6 is 0 Å². The van der Waals surface area contributed by atoms with Gasteiger partial charge >= 0.3 is 0 Å². The van der Waals surface area contributed by atoms with Gasteiger partial charge in [0, 0.05) is 20.6 Å². The summed E-state index contributed by atoms with van der Waals surface area (Å²) in [7, 11) is 5.11. The molecule has 1 atom stereocenters. The highest BCUT2D eigenvalue weighted by Gasteiger charge is 2.20. The van der Waals surface area contributed by atoms with E-state index in [1.54, 1.807) is 20.5 Å². The smallest absolute Gasteiger partial charge is 0.188 e. The second kappa shape index (κ2) is 8.70. The Morgan fingerprint density at radius 2 is 1.67 bits per heavy atom. The van der Waals surface area contributed by atoms with E-state index < -0.39 is 6.10 Å². The molecule has 1 aromatic heterocycles. The van der Waals surface area contributed by atoms with Crippen molar-refractivity contribution < 1.29 is 19.3 Å². The standard InChI is InChI=1S/C21H24N2O4/c1-23-13-22-19(12-15-4-8-17(26-3)9-5-15)20(23)21(24)16-6-10-18(11-7-16)27-14-25-2/h4-11,13,21,24H,12,14H2,1-3H3. The average molecular weight is 368 g/mol. The fraction of sp³-hybridized carbons (Fsp3) is 0.286. The number of nitrogens with zero attached hydrogens (tertiary/aromatic N) is 2. The number of hydrogen-bond acceptors (Lipinski definition) is 5. The van der Waals surface area contributed by atoms with Gasteiger partial charge in [-0.15, -0.1) is 0 Å². The van der Waals surface area contributed by atoms with E-state index >= 15 is 0 Å². The third-order valence-corrected chi connectivity index (χ3v) is 4.39. The molecule has 1 unspecified atom stereocenters. The van der Waals surface area contributed by atoms with Crippen molar-refractivity contribution >= 4 is 0 Å². The topological polar surface area (TPSA) is 65.7 Å². The van der Waals surface area contributed by atoms with Crippen LogP contribution in [0.15, 0.2) is 54.9 Å². The predicted octanol–water partition coefficient (Wildman–Crippen LogP) is 3.08. The van der Waals surface area contributed by atoms with Crippen LogP contribution in [0.1, 0.15) is 28.6 Å². The molecule has 0 saturated carbocycles. The van der Waals surface area contributed by atoms with Gasteiger partial charge in [0.1, 0.15) is 17.6 Å². The Bertz CT molecular complexity index is 857. The van der Waals surface area contributed by atoms with Crippen molar-refractivity contribution in [3.05, 3.63) is 77.4 Å². The Kier molecular flexibility index (Phi) is 6.11. The van der Waals surface area contributed by atoms with Crippen molar-refractivity contribution in [1.29, 1.82) is 0 Å². The first kappa shape index (κ1) is 18.9. The third kappa shape index (κ3) is 4.48. The van der Waals surface area contributed by atoms with Crippen LogP contribution in [0.2, 0.25) is 0 Å². The van der Waals surface area contributed by atoms with Crippen molar-refractivity contribution in [1.82, 2.24) is 9.55 Å². The number of aryl methyl sites for hydroxylation is 1. The van der Waals surface area contributed by atoms with Crippen LogP contribution in [0.4, 0.5) is 0 Å². The predicted molar refractivity (Wildman–Crippen MR) is 102 cm³/mol. The van der Waals surface area contributed by atoms with Gasteiger partial charge < -0.3 is 23.9 Å². The summed E-state index contributed by atoms with van der Waals surface area (Å²) in [6.07, 6.45) is 1.59. The second-order valence-corrected chi connectivity index (χ2v) is 6.23. The monoisotopic (exact) mass is 368 g/mol. The lowest BCUT2D eigenvalue weighted by Crippen LogP contribution is -2.09. The van der Waals surface area contributed by atoms with Crippen molar-refractivity contribution in [2.45, 2.75) is 12.5 Å². The van der Waals surface area contributed by atoms with Gasteiger partial charge in [-0.25, -0.2) is 4.98 Å². The van der Waals surface area contributed by atoms with Crippen molar-refractivity contribution in [3.63, 3.8) is 0 Å². The molecular formula is C21H24N2O4. The molecule has 3 rings (SSSR count). The van der Waals surface area contributed by atoms with Gasteiger partial charge in [-0.3, -0.25) is 0 Å². The Labute approximate surface area is 159 Å². The highest BCUT2D eigenvalue weighted by molar-refractivity contribution is 5.36. The largest absolute Gasteiger partial charge is 0.497 e. The molecule has 142 valence electrons. The van der Waals surface area contributed by atoms with Crippen LogP contribution in [0.25, 0.3) is 0 Å². The van der Waals surface area contributed by atoms with Crippen molar-refractivity contribution in [3.8, 4) is 11.5 Å². The van der Waals surface area contributed by atoms with Crippen LogP contribution in [0, 0.1) is 0 Å². The van der Waals surface area contributed by atoms with Crippen LogP contribution in [0.3, 0.4) is 0 Å². The van der Waals surface area contributed by atoms with E-state index in [0.29, 0.717) is 12.2 Å². The minimum Gasteiger partial charge on any atom is -0.497 e. The number of ether oxygens (including phenoxy) is 3. The van der Waals surface area contributed by atoms with Gasteiger partial charge in [0.2, 0.25) is 0 Å². The minimum atomic E-state index is -0.776. The number of hydrogen-bond donors (Lipinski definition) is 1. The fourth-order valence-electron chi connectivity index (χ4n) is 2.94. The number of imidazole rings is 1. The van der Waals surface area contributed by atoms with Gasteiger partial charge in [0.25, 0.3) is 0 Å². The summed E-state index contributed by atoms with van der Waals surface area (Å²) in [5.41, 5.74) is 3.50. The zero-order valence-electron chi connectivity index (χ0n) is 15.8. The molecule has 1 N–H and O–H groups in total. The Morgan fingerprint density at radius 3 is 2.30 bits per heavy atom. The van der Waals surface area contributed by atoms with Crippen LogP contribution < -0.4 is 9.47 Å². The van der Waals surface area contributed by atoms with Crippen LogP contribution in [-0.2, 0) is 18.2 Å². The Hall–Kier alpha value is -2.83. The molecule has 6 nitrogen and oxygen atoms in total. The van der Waals surface area contributed by atoms with Gasteiger partial charge in [0.05, 0.1) is 24.8 Å². The summed E-state index contributed by atoms with van der Waals surface area (Å²) in [5.74, 6) is 1.51. The molecule has 2 aromatic carbocycles. The van der Waals surface area contributed by atoms with Crippen molar-refractivity contribution in [2.75, 3.05) is 21.0 Å². The summed E-state index contributed by atoms with van der Waals surface area (Å²) < 4.78 is 17.3. The maximum absolute atomic E-state index is 10.9. The second-order valence-electron chi connectivity index (χ2n) is 6.23. The summed E-state index contributed by atoms with van der Waals surface area (Å²) in [4.78, 5) is 4.49. The zero-order chi connectivity index (χ0) is 19.2. The van der Waals surface area contributed by atoms with E-state index in [1.165, 1.54) is 0 Å². The molecule has 0 fully saturated rings. The van der Waals surface area contributed by atoms with E-state index in [-0.39, 0.29) is 6.79 Å². The van der Waals surface area contributed by atoms with E-state index in [0.717, 1.165) is 28.3 Å². The summed E-state index contributed by atoms with van der Waals surface area (Å²) in [6, 6.07) is 15.2. The summed E-state index contributed by atoms with van der Waals surface area (Å²) in [6.45, 7) is 0.190. The molecular weight excluding hydrogens is 344 g/mol. The molecule has 0 amide bonds. The molecule has 0 aliphatic heterocycles. The summed E-state index contributed by atoms with van der Waals surface area (Å²) >= 11 is 0. The van der Waals surface area contributed by atoms with Gasteiger partial charge in [0.15, 0.2) is 6.79 Å². The Balaban J connectivity index is 1.80. The lowest BCUT2D eigenvalue weighted by Gasteiger charge is -2.15. The van der Waals surface area contributed by atoms with Crippen molar-refractivity contribution in [2.24, 2.45) is 7.05 Å². The highest BCUT2D eigenvalue weighted by Crippen LogP contribution is 2.27. The van der Waals surface area contributed by atoms with E-state index in [1.807, 2.05) is 60.1 Å². The molecule has 0 aliphatic rings. The highest BCUT2D eigenvalue weighted by atomic mass is 16.7. The number of aliphatic hydroxyl groups is 1. The first-order chi connectivity index (χ1) is 13.1. The minimum absolute atomic E-state index is 0.190. The fourth-order valence-corrected chi connectivity index (χ4v) is 2.94. The molecule has 0 radical (unpaired) electrons. The molecule has 0 aliphatic carbocycles. The molecule has 0 bridgehead atoms. The normalized spacial score (nSPS) is 12.0. The number of aromatic nitrogens is 2. The lowest BCUT2D eigenvalue weighted by atomic mass is 10.0. The lowest BCUT2D eigenvalue weighted by molar-refractivity contribution is 0.0511. The van der Waals surface area contributed by atoms with E-state index in [4.69, 9.17) is 14.2 Å². The number of rotatable bonds is 8. The first-order valence-corrected chi connectivity index (χ1v) is 8.65. The quantitative estimate of drug-likeness (QED) is 0.619. The molecule has 1 heterocycles. The molecule has 0 spiro atoms. The molecule has 27 heavy (non-hydrogen) atoms. The number of methoxy groups -OCH3 is 2. The van der Waals surface area contributed by atoms with E-state index in [9.17, 15) is 5.11 Å². The Morgan fingerprint density at radius 1 is 1.00 bits per heavy atom. The van der Waals surface area contributed by atoms with Crippen LogP contribution in [-0.4, -0.2) is 35.7 Å². The van der Waals surface area contributed by atoms with Gasteiger partial charge in [-0.05, 0) is 35.4 Å². The van der Waals surface area contributed by atoms with Gasteiger partial charge in [-0.1, -0.05) is 24.3 Å².